The topological polar surface area (TPSA) is 83.8 Å². The van der Waals surface area contributed by atoms with Crippen molar-refractivity contribution in [2.24, 2.45) is 5.92 Å². The number of hydrogen-bond donors (Lipinski definition) is 2. The molecule has 2 rings (SSSR count). The molecule has 1 aromatic heterocycles. The summed E-state index contributed by atoms with van der Waals surface area (Å²) in [7, 11) is 0. The first-order valence-corrected chi connectivity index (χ1v) is 8.81. The van der Waals surface area contributed by atoms with E-state index in [1.165, 1.54) is 6.92 Å². The van der Waals surface area contributed by atoms with E-state index in [1.807, 2.05) is 32.9 Å². The Morgan fingerprint density at radius 3 is 2.44 bits per heavy atom. The van der Waals surface area contributed by atoms with Crippen molar-refractivity contribution in [1.29, 1.82) is 0 Å². The Morgan fingerprint density at radius 2 is 1.92 bits per heavy atom. The van der Waals surface area contributed by atoms with Gasteiger partial charge in [-0.05, 0) is 25.0 Å². The van der Waals surface area contributed by atoms with Crippen LogP contribution < -0.4 is 10.6 Å². The van der Waals surface area contributed by atoms with Gasteiger partial charge in [-0.25, -0.2) is 0 Å². The van der Waals surface area contributed by atoms with Crippen LogP contribution in [0.3, 0.4) is 0 Å². The van der Waals surface area contributed by atoms with Gasteiger partial charge >= 0.3 is 0 Å². The number of nitrogens with one attached hydrogen (secondary N) is 2. The molecule has 1 aromatic rings. The zero-order valence-corrected chi connectivity index (χ0v) is 15.5. The zero-order valence-electron chi connectivity index (χ0n) is 15.5. The lowest BCUT2D eigenvalue weighted by atomic mass is 10.0. The molecule has 140 valence electrons. The number of furan rings is 1. The molecule has 2 N–H and O–H groups in total. The predicted octanol–water partition coefficient (Wildman–Crippen LogP) is 1.24. The van der Waals surface area contributed by atoms with Gasteiger partial charge in [-0.2, -0.15) is 0 Å². The van der Waals surface area contributed by atoms with Gasteiger partial charge < -0.3 is 19.8 Å². The summed E-state index contributed by atoms with van der Waals surface area (Å²) in [6.45, 7) is 10.5. The highest BCUT2D eigenvalue weighted by Gasteiger charge is 2.28. The van der Waals surface area contributed by atoms with Crippen molar-refractivity contribution < 1.29 is 18.7 Å². The average molecular weight is 351 g/mol. The molecular weight excluding hydrogens is 322 g/mol. The third kappa shape index (κ3) is 5.57. The minimum absolute atomic E-state index is 0.0107. The molecule has 2 heterocycles. The van der Waals surface area contributed by atoms with Crippen LogP contribution in [0.2, 0.25) is 0 Å². The molecule has 0 bridgehead atoms. The molecule has 0 radical (unpaired) electrons. The Hall–Kier alpha value is -1.86. The minimum Gasteiger partial charge on any atom is -0.465 e. The highest BCUT2D eigenvalue weighted by molar-refractivity contribution is 5.87. The summed E-state index contributed by atoms with van der Waals surface area (Å²) in [6, 6.07) is 3.29. The Bertz CT molecular complexity index is 579. The summed E-state index contributed by atoms with van der Waals surface area (Å²) in [5.74, 6) is 1.31. The standard InChI is InChI=1S/C18H29N3O4/c1-12(2)17(20-14(4)22)18(23)19-11-15(16-6-5-13(3)25-16)21-7-9-24-10-8-21/h5-6,12,15,17H,7-11H2,1-4H3,(H,19,23)(H,20,22). The van der Waals surface area contributed by atoms with Crippen LogP contribution in [0.15, 0.2) is 16.5 Å². The largest absolute Gasteiger partial charge is 0.465 e. The van der Waals surface area contributed by atoms with E-state index >= 15 is 0 Å². The lowest BCUT2D eigenvalue weighted by Gasteiger charge is -2.34. The molecule has 0 spiro atoms. The van der Waals surface area contributed by atoms with E-state index in [-0.39, 0.29) is 23.8 Å². The SMILES string of the molecule is CC(=O)NC(C(=O)NCC(c1ccc(C)o1)N1CCOCC1)C(C)C. The molecule has 1 fully saturated rings. The quantitative estimate of drug-likeness (QED) is 0.772. The van der Waals surface area contributed by atoms with E-state index in [1.54, 1.807) is 0 Å². The van der Waals surface area contributed by atoms with E-state index in [0.29, 0.717) is 19.8 Å². The van der Waals surface area contributed by atoms with Crippen LogP contribution in [0.4, 0.5) is 0 Å². The fraction of sp³-hybridized carbons (Fsp3) is 0.667. The summed E-state index contributed by atoms with van der Waals surface area (Å²) in [4.78, 5) is 26.1. The molecule has 0 saturated carbocycles. The third-order valence-electron chi connectivity index (χ3n) is 4.35. The number of aryl methyl sites for hydroxylation is 1. The number of hydrogen-bond acceptors (Lipinski definition) is 5. The van der Waals surface area contributed by atoms with Crippen molar-refractivity contribution in [2.75, 3.05) is 32.8 Å². The number of nitrogens with zero attached hydrogens (tertiary/aromatic N) is 1. The van der Waals surface area contributed by atoms with Crippen LogP contribution in [0.1, 0.15) is 38.3 Å². The van der Waals surface area contributed by atoms with Gasteiger partial charge in [0.05, 0.1) is 19.3 Å². The highest BCUT2D eigenvalue weighted by atomic mass is 16.5. The second kappa shape index (κ2) is 9.01. The molecule has 1 saturated heterocycles. The van der Waals surface area contributed by atoms with Crippen LogP contribution in [-0.2, 0) is 14.3 Å². The second-order valence-corrected chi connectivity index (χ2v) is 6.78. The third-order valence-corrected chi connectivity index (χ3v) is 4.35. The first-order chi connectivity index (χ1) is 11.9. The summed E-state index contributed by atoms with van der Waals surface area (Å²) in [5, 5.41) is 5.70. The van der Waals surface area contributed by atoms with E-state index < -0.39 is 6.04 Å². The number of rotatable bonds is 7. The molecular formula is C18H29N3O4. The number of ether oxygens (including phenoxy) is 1. The van der Waals surface area contributed by atoms with Crippen molar-refractivity contribution >= 4 is 11.8 Å². The molecule has 0 aliphatic carbocycles. The maximum atomic E-state index is 12.5. The lowest BCUT2D eigenvalue weighted by Crippen LogP contribution is -2.51. The summed E-state index contributed by atoms with van der Waals surface area (Å²) in [5.41, 5.74) is 0. The van der Waals surface area contributed by atoms with Crippen molar-refractivity contribution in [2.45, 2.75) is 39.8 Å². The summed E-state index contributed by atoms with van der Waals surface area (Å²) in [6.07, 6.45) is 0. The van der Waals surface area contributed by atoms with E-state index in [9.17, 15) is 9.59 Å². The van der Waals surface area contributed by atoms with Gasteiger partial charge in [0.25, 0.3) is 0 Å². The summed E-state index contributed by atoms with van der Waals surface area (Å²) < 4.78 is 11.2. The first-order valence-electron chi connectivity index (χ1n) is 8.81. The molecule has 7 heteroatoms. The van der Waals surface area contributed by atoms with Gasteiger partial charge in [-0.3, -0.25) is 14.5 Å². The zero-order chi connectivity index (χ0) is 18.4. The van der Waals surface area contributed by atoms with Crippen LogP contribution in [-0.4, -0.2) is 55.6 Å². The van der Waals surface area contributed by atoms with E-state index in [2.05, 4.69) is 15.5 Å². The van der Waals surface area contributed by atoms with Crippen LogP contribution in [0.25, 0.3) is 0 Å². The fourth-order valence-corrected chi connectivity index (χ4v) is 2.99. The second-order valence-electron chi connectivity index (χ2n) is 6.78. The number of amides is 2. The predicted molar refractivity (Wildman–Crippen MR) is 94.0 cm³/mol. The molecule has 1 aliphatic heterocycles. The minimum atomic E-state index is -0.541. The Morgan fingerprint density at radius 1 is 1.24 bits per heavy atom. The van der Waals surface area contributed by atoms with E-state index in [4.69, 9.17) is 9.15 Å². The van der Waals surface area contributed by atoms with Gasteiger partial charge in [-0.15, -0.1) is 0 Å². The van der Waals surface area contributed by atoms with Crippen molar-refractivity contribution in [3.05, 3.63) is 23.7 Å². The van der Waals surface area contributed by atoms with Gasteiger partial charge in [0, 0.05) is 26.6 Å². The summed E-state index contributed by atoms with van der Waals surface area (Å²) >= 11 is 0. The monoisotopic (exact) mass is 351 g/mol. The molecule has 0 aromatic carbocycles. The maximum Gasteiger partial charge on any atom is 0.242 e. The molecule has 1 aliphatic rings. The Balaban J connectivity index is 2.05. The smallest absolute Gasteiger partial charge is 0.242 e. The van der Waals surface area contributed by atoms with Gasteiger partial charge in [0.1, 0.15) is 17.6 Å². The number of carbonyl (C=O) groups is 2. The van der Waals surface area contributed by atoms with Crippen molar-refractivity contribution in [3.8, 4) is 0 Å². The Labute approximate surface area is 149 Å². The molecule has 25 heavy (non-hydrogen) atoms. The number of carbonyl (C=O) groups excluding carboxylic acids is 2. The molecule has 7 nitrogen and oxygen atoms in total. The lowest BCUT2D eigenvalue weighted by molar-refractivity contribution is -0.129. The van der Waals surface area contributed by atoms with Gasteiger partial charge in [0.2, 0.25) is 11.8 Å². The molecule has 2 atom stereocenters. The number of morpholine rings is 1. The highest BCUT2D eigenvalue weighted by Crippen LogP contribution is 2.23. The molecule has 2 unspecified atom stereocenters. The van der Waals surface area contributed by atoms with Gasteiger partial charge in [-0.1, -0.05) is 13.8 Å². The van der Waals surface area contributed by atoms with Gasteiger partial charge in [0.15, 0.2) is 0 Å². The normalized spacial score (nSPS) is 18.0. The van der Waals surface area contributed by atoms with E-state index in [0.717, 1.165) is 24.6 Å². The first kappa shape index (κ1) is 19.5. The van der Waals surface area contributed by atoms with Crippen molar-refractivity contribution in [1.82, 2.24) is 15.5 Å². The van der Waals surface area contributed by atoms with Crippen molar-refractivity contribution in [3.63, 3.8) is 0 Å². The Kier molecular flexibility index (Phi) is 7.01. The fourth-order valence-electron chi connectivity index (χ4n) is 2.99. The van der Waals surface area contributed by atoms with Crippen LogP contribution in [0, 0.1) is 12.8 Å². The van der Waals surface area contributed by atoms with Crippen LogP contribution in [0.5, 0.6) is 0 Å². The average Bonchev–Trinajstić information content (AvgIpc) is 2.99. The maximum absolute atomic E-state index is 12.5. The van der Waals surface area contributed by atoms with Crippen LogP contribution >= 0.6 is 0 Å². The molecule has 2 amide bonds.